The number of thiocarbonyl (C=S) groups is 1. The standard InChI is InChI=1S/C11H10BrF3N2S/c12-7-3-6(11(13,14)15)4-9(5-7)17-10(18)16-8-1-2-8/h3-5,8H,1-2H2,(H2,16,17,18). The summed E-state index contributed by atoms with van der Waals surface area (Å²) >= 11 is 8.07. The summed E-state index contributed by atoms with van der Waals surface area (Å²) in [5.41, 5.74) is -0.400. The van der Waals surface area contributed by atoms with Crippen molar-refractivity contribution in [3.05, 3.63) is 28.2 Å². The second-order valence-corrected chi connectivity index (χ2v) is 5.42. The van der Waals surface area contributed by atoms with Gasteiger partial charge in [-0.2, -0.15) is 13.2 Å². The second kappa shape index (κ2) is 5.05. The molecule has 2 N–H and O–H groups in total. The van der Waals surface area contributed by atoms with Crippen molar-refractivity contribution < 1.29 is 13.2 Å². The number of rotatable bonds is 2. The molecule has 0 bridgehead atoms. The lowest BCUT2D eigenvalue weighted by molar-refractivity contribution is -0.137. The van der Waals surface area contributed by atoms with E-state index in [2.05, 4.69) is 26.6 Å². The van der Waals surface area contributed by atoms with Gasteiger partial charge >= 0.3 is 6.18 Å². The molecule has 0 spiro atoms. The molecule has 0 atom stereocenters. The molecule has 0 aliphatic heterocycles. The minimum atomic E-state index is -4.37. The summed E-state index contributed by atoms with van der Waals surface area (Å²) in [6, 6.07) is 3.98. The van der Waals surface area contributed by atoms with Crippen LogP contribution in [0.25, 0.3) is 0 Å². The Kier molecular flexibility index (Phi) is 3.82. The number of halogens is 4. The quantitative estimate of drug-likeness (QED) is 0.799. The number of alkyl halides is 3. The topological polar surface area (TPSA) is 24.1 Å². The van der Waals surface area contributed by atoms with Crippen molar-refractivity contribution >= 4 is 38.9 Å². The molecule has 1 aliphatic carbocycles. The maximum absolute atomic E-state index is 12.6. The smallest absolute Gasteiger partial charge is 0.360 e. The highest BCUT2D eigenvalue weighted by molar-refractivity contribution is 9.10. The van der Waals surface area contributed by atoms with Crippen LogP contribution in [0.15, 0.2) is 22.7 Å². The number of hydrogen-bond acceptors (Lipinski definition) is 1. The van der Waals surface area contributed by atoms with E-state index in [1.807, 2.05) is 0 Å². The molecule has 2 nitrogen and oxygen atoms in total. The highest BCUT2D eigenvalue weighted by Gasteiger charge is 2.31. The van der Waals surface area contributed by atoms with Gasteiger partial charge in [-0.15, -0.1) is 0 Å². The summed E-state index contributed by atoms with van der Waals surface area (Å²) in [6.45, 7) is 0. The molecule has 1 saturated carbocycles. The Labute approximate surface area is 116 Å². The van der Waals surface area contributed by atoms with Crippen LogP contribution in [-0.2, 0) is 6.18 Å². The minimum absolute atomic E-state index is 0.315. The van der Waals surface area contributed by atoms with E-state index in [-0.39, 0.29) is 0 Å². The van der Waals surface area contributed by atoms with Gasteiger partial charge in [-0.3, -0.25) is 0 Å². The number of benzene rings is 1. The lowest BCUT2D eigenvalue weighted by Gasteiger charge is -2.13. The molecule has 0 aromatic heterocycles. The van der Waals surface area contributed by atoms with Gasteiger partial charge in [-0.25, -0.2) is 0 Å². The maximum Gasteiger partial charge on any atom is 0.416 e. The van der Waals surface area contributed by atoms with Gasteiger partial charge in [0.05, 0.1) is 5.56 Å². The number of anilines is 1. The summed E-state index contributed by atoms with van der Waals surface area (Å²) in [4.78, 5) is 0. The molecular formula is C11H10BrF3N2S. The van der Waals surface area contributed by atoms with Gasteiger partial charge in [0.2, 0.25) is 0 Å². The van der Waals surface area contributed by atoms with Gasteiger partial charge in [-0.1, -0.05) is 15.9 Å². The van der Waals surface area contributed by atoms with E-state index in [4.69, 9.17) is 12.2 Å². The van der Waals surface area contributed by atoms with E-state index in [0.717, 1.165) is 25.0 Å². The third kappa shape index (κ3) is 3.84. The van der Waals surface area contributed by atoms with Crippen LogP contribution < -0.4 is 10.6 Å². The molecule has 1 aromatic carbocycles. The predicted octanol–water partition coefficient (Wildman–Crippen LogP) is 3.92. The lowest BCUT2D eigenvalue weighted by atomic mass is 10.2. The molecule has 1 aliphatic rings. The molecule has 0 amide bonds. The zero-order chi connectivity index (χ0) is 13.3. The summed E-state index contributed by atoms with van der Waals surface area (Å²) in [5.74, 6) is 0. The fraction of sp³-hybridized carbons (Fsp3) is 0.364. The first-order valence-corrected chi connectivity index (χ1v) is 6.50. The van der Waals surface area contributed by atoms with Crippen molar-refractivity contribution in [2.24, 2.45) is 0 Å². The monoisotopic (exact) mass is 338 g/mol. The van der Waals surface area contributed by atoms with E-state index in [0.29, 0.717) is 21.3 Å². The molecule has 0 radical (unpaired) electrons. The first-order chi connectivity index (χ1) is 8.34. The molecule has 0 saturated heterocycles. The molecule has 98 valence electrons. The summed E-state index contributed by atoms with van der Waals surface area (Å²) < 4.78 is 38.2. The zero-order valence-electron chi connectivity index (χ0n) is 9.14. The first kappa shape index (κ1) is 13.6. The fourth-order valence-corrected chi connectivity index (χ4v) is 2.18. The maximum atomic E-state index is 12.6. The van der Waals surface area contributed by atoms with Gasteiger partial charge in [0.25, 0.3) is 0 Å². The van der Waals surface area contributed by atoms with Gasteiger partial charge in [-0.05, 0) is 43.3 Å². The van der Waals surface area contributed by atoms with Crippen molar-refractivity contribution in [1.29, 1.82) is 0 Å². The summed E-state index contributed by atoms with van der Waals surface area (Å²) in [6.07, 6.45) is -2.27. The van der Waals surface area contributed by atoms with Crippen LogP contribution in [0.4, 0.5) is 18.9 Å². The largest absolute Gasteiger partial charge is 0.416 e. The van der Waals surface area contributed by atoms with Crippen LogP contribution >= 0.6 is 28.1 Å². The van der Waals surface area contributed by atoms with E-state index in [1.54, 1.807) is 6.07 Å². The highest BCUT2D eigenvalue weighted by Crippen LogP contribution is 2.33. The fourth-order valence-electron chi connectivity index (χ4n) is 1.41. The molecule has 18 heavy (non-hydrogen) atoms. The van der Waals surface area contributed by atoms with Crippen molar-refractivity contribution in [2.45, 2.75) is 25.1 Å². The van der Waals surface area contributed by atoms with E-state index >= 15 is 0 Å². The average molecular weight is 339 g/mol. The predicted molar refractivity (Wildman–Crippen MR) is 71.5 cm³/mol. The Morgan fingerprint density at radius 2 is 1.94 bits per heavy atom. The summed E-state index contributed by atoms with van der Waals surface area (Å²) in [5, 5.41) is 6.11. The first-order valence-electron chi connectivity index (χ1n) is 5.30. The number of nitrogens with one attached hydrogen (secondary N) is 2. The normalized spacial score (nSPS) is 15.3. The Morgan fingerprint density at radius 3 is 2.50 bits per heavy atom. The van der Waals surface area contributed by atoms with Gasteiger partial charge < -0.3 is 10.6 Å². The van der Waals surface area contributed by atoms with E-state index in [1.165, 1.54) is 0 Å². The van der Waals surface area contributed by atoms with Crippen LogP contribution in [0.2, 0.25) is 0 Å². The van der Waals surface area contributed by atoms with E-state index < -0.39 is 11.7 Å². The molecule has 0 unspecified atom stereocenters. The third-order valence-corrected chi connectivity index (χ3v) is 3.07. The van der Waals surface area contributed by atoms with E-state index in [9.17, 15) is 13.2 Å². The van der Waals surface area contributed by atoms with Crippen LogP contribution in [0.3, 0.4) is 0 Å². The molecule has 2 rings (SSSR count). The van der Waals surface area contributed by atoms with Crippen LogP contribution in [0.1, 0.15) is 18.4 Å². The average Bonchev–Trinajstić information content (AvgIpc) is 2.98. The lowest BCUT2D eigenvalue weighted by Crippen LogP contribution is -2.30. The van der Waals surface area contributed by atoms with Crippen LogP contribution in [0.5, 0.6) is 0 Å². The molecule has 1 aromatic rings. The van der Waals surface area contributed by atoms with Crippen molar-refractivity contribution in [3.63, 3.8) is 0 Å². The Balaban J connectivity index is 2.11. The third-order valence-electron chi connectivity index (χ3n) is 2.40. The SMILES string of the molecule is FC(F)(F)c1cc(Br)cc(NC(=S)NC2CC2)c1. The second-order valence-electron chi connectivity index (χ2n) is 4.10. The molecule has 7 heteroatoms. The Morgan fingerprint density at radius 1 is 1.28 bits per heavy atom. The van der Waals surface area contributed by atoms with Crippen molar-refractivity contribution in [3.8, 4) is 0 Å². The molecular weight excluding hydrogens is 329 g/mol. The number of hydrogen-bond donors (Lipinski definition) is 2. The van der Waals surface area contributed by atoms with Gasteiger partial charge in [0.15, 0.2) is 5.11 Å². The van der Waals surface area contributed by atoms with Gasteiger partial charge in [0.1, 0.15) is 0 Å². The molecule has 0 heterocycles. The van der Waals surface area contributed by atoms with Crippen molar-refractivity contribution in [2.75, 3.05) is 5.32 Å². The van der Waals surface area contributed by atoms with Crippen LogP contribution in [-0.4, -0.2) is 11.2 Å². The minimum Gasteiger partial charge on any atom is -0.360 e. The summed E-state index contributed by atoms with van der Waals surface area (Å²) in [7, 11) is 0. The Hall–Kier alpha value is -0.820. The highest BCUT2D eigenvalue weighted by atomic mass is 79.9. The van der Waals surface area contributed by atoms with Gasteiger partial charge in [0, 0.05) is 16.2 Å². The van der Waals surface area contributed by atoms with Crippen LogP contribution in [0, 0.1) is 0 Å². The Bertz CT molecular complexity index is 472. The zero-order valence-corrected chi connectivity index (χ0v) is 11.5. The molecule has 1 fully saturated rings. The van der Waals surface area contributed by atoms with Crippen molar-refractivity contribution in [1.82, 2.24) is 5.32 Å².